The molecule has 0 heteroatoms. The van der Waals surface area contributed by atoms with Gasteiger partial charge in [-0.2, -0.15) is 0 Å². The summed E-state index contributed by atoms with van der Waals surface area (Å²) in [7, 11) is 0. The van der Waals surface area contributed by atoms with Crippen molar-refractivity contribution in [1.82, 2.24) is 0 Å². The first-order valence-electron chi connectivity index (χ1n) is 4.48. The lowest BCUT2D eigenvalue weighted by Crippen LogP contribution is -2.07. The Morgan fingerprint density at radius 1 is 1.20 bits per heavy atom. The molecule has 2 rings (SSSR count). The second kappa shape index (κ2) is 1.44. The summed E-state index contributed by atoms with van der Waals surface area (Å²) >= 11 is 0. The fourth-order valence-electron chi connectivity index (χ4n) is 3.37. The van der Waals surface area contributed by atoms with Crippen molar-refractivity contribution in [3.05, 3.63) is 0 Å². The molecule has 2 fully saturated rings. The zero-order chi connectivity index (χ0) is 7.57. The zero-order valence-electron chi connectivity index (χ0n) is 7.57. The van der Waals surface area contributed by atoms with Crippen LogP contribution in [0.2, 0.25) is 0 Å². The van der Waals surface area contributed by atoms with E-state index in [2.05, 4.69) is 27.7 Å². The predicted molar refractivity (Wildman–Crippen MR) is 43.8 cm³/mol. The average molecular weight is 138 g/mol. The predicted octanol–water partition coefficient (Wildman–Crippen LogP) is 3.08. The van der Waals surface area contributed by atoms with E-state index in [1.807, 2.05) is 0 Å². The van der Waals surface area contributed by atoms with Gasteiger partial charge >= 0.3 is 0 Å². The summed E-state index contributed by atoms with van der Waals surface area (Å²) in [6.45, 7) is 9.74. The van der Waals surface area contributed by atoms with Crippen molar-refractivity contribution >= 4 is 0 Å². The van der Waals surface area contributed by atoms with Crippen molar-refractivity contribution in [2.24, 2.45) is 22.7 Å². The molecule has 0 bridgehead atoms. The molecule has 58 valence electrons. The smallest absolute Gasteiger partial charge is 0.0236 e. The minimum atomic E-state index is 0.680. The van der Waals surface area contributed by atoms with E-state index in [-0.39, 0.29) is 0 Å². The van der Waals surface area contributed by atoms with Crippen molar-refractivity contribution in [3.8, 4) is 0 Å². The highest BCUT2D eigenvalue weighted by Crippen LogP contribution is 2.77. The fourth-order valence-corrected chi connectivity index (χ4v) is 3.37. The first-order valence-corrected chi connectivity index (χ1v) is 4.48. The van der Waals surface area contributed by atoms with Crippen LogP contribution in [0.25, 0.3) is 0 Å². The van der Waals surface area contributed by atoms with E-state index >= 15 is 0 Å². The molecule has 0 heterocycles. The van der Waals surface area contributed by atoms with Gasteiger partial charge in [0, 0.05) is 0 Å². The van der Waals surface area contributed by atoms with Gasteiger partial charge in [0.05, 0.1) is 0 Å². The van der Waals surface area contributed by atoms with Crippen molar-refractivity contribution < 1.29 is 0 Å². The minimum Gasteiger partial charge on any atom is -0.0625 e. The highest BCUT2D eigenvalue weighted by Gasteiger charge is 2.70. The lowest BCUT2D eigenvalue weighted by molar-refractivity contribution is 0.332. The van der Waals surface area contributed by atoms with E-state index in [4.69, 9.17) is 0 Å². The molecule has 0 aromatic rings. The fraction of sp³-hybridized carbons (Fsp3) is 1.00. The van der Waals surface area contributed by atoms with Crippen LogP contribution in [0.3, 0.4) is 0 Å². The maximum absolute atomic E-state index is 2.47. The zero-order valence-corrected chi connectivity index (χ0v) is 7.57. The van der Waals surface area contributed by atoms with Crippen LogP contribution in [0, 0.1) is 22.7 Å². The van der Waals surface area contributed by atoms with Gasteiger partial charge in [-0.15, -0.1) is 0 Å². The minimum absolute atomic E-state index is 0.680. The molecular weight excluding hydrogens is 120 g/mol. The summed E-state index contributed by atoms with van der Waals surface area (Å²) in [6.07, 6.45) is 2.97. The third-order valence-corrected chi connectivity index (χ3v) is 4.44. The normalized spacial score (nSPS) is 56.4. The Kier molecular flexibility index (Phi) is 0.964. The summed E-state index contributed by atoms with van der Waals surface area (Å²) in [5.74, 6) is 2.05. The molecule has 2 aliphatic carbocycles. The summed E-state index contributed by atoms with van der Waals surface area (Å²) in [4.78, 5) is 0. The first-order chi connectivity index (χ1) is 4.48. The standard InChI is InChI=1S/C10H18/c1-7-5-8-9(2,3)10(8,4)6-7/h7-8H,5-6H2,1-4H3/t7-,8?,10+/m1/s1. The van der Waals surface area contributed by atoms with E-state index in [1.165, 1.54) is 12.8 Å². The molecule has 0 aromatic heterocycles. The Morgan fingerprint density at radius 3 is 2.10 bits per heavy atom. The molecule has 3 atom stereocenters. The van der Waals surface area contributed by atoms with E-state index in [0.29, 0.717) is 5.41 Å². The second-order valence-electron chi connectivity index (χ2n) is 5.24. The summed E-state index contributed by atoms with van der Waals surface area (Å²) in [6, 6.07) is 0. The van der Waals surface area contributed by atoms with Crippen LogP contribution in [-0.4, -0.2) is 0 Å². The Bertz CT molecular complexity index is 169. The SMILES string of the molecule is C[C@@H]1CC2C(C)(C)[C@@]2(C)C1. The van der Waals surface area contributed by atoms with E-state index < -0.39 is 0 Å². The van der Waals surface area contributed by atoms with Crippen molar-refractivity contribution in [2.45, 2.75) is 40.5 Å². The molecule has 2 aliphatic rings. The van der Waals surface area contributed by atoms with Crippen LogP contribution < -0.4 is 0 Å². The van der Waals surface area contributed by atoms with Crippen LogP contribution in [-0.2, 0) is 0 Å². The largest absolute Gasteiger partial charge is 0.0625 e. The van der Waals surface area contributed by atoms with Gasteiger partial charge in [-0.05, 0) is 35.5 Å². The van der Waals surface area contributed by atoms with E-state index in [0.717, 1.165) is 17.3 Å². The molecule has 0 aliphatic heterocycles. The number of rotatable bonds is 0. The molecule has 1 unspecified atom stereocenters. The number of hydrogen-bond donors (Lipinski definition) is 0. The number of hydrogen-bond acceptors (Lipinski definition) is 0. The van der Waals surface area contributed by atoms with Crippen LogP contribution in [0.5, 0.6) is 0 Å². The van der Waals surface area contributed by atoms with Crippen LogP contribution in [0.15, 0.2) is 0 Å². The highest BCUT2D eigenvalue weighted by molar-refractivity contribution is 5.18. The average Bonchev–Trinajstić information content (AvgIpc) is 2.21. The molecule has 0 radical (unpaired) electrons. The number of fused-ring (bicyclic) bond motifs is 1. The van der Waals surface area contributed by atoms with Gasteiger partial charge in [-0.25, -0.2) is 0 Å². The summed E-state index contributed by atoms with van der Waals surface area (Å²) in [5, 5.41) is 0. The molecule has 0 spiro atoms. The Hall–Kier alpha value is 0. The second-order valence-corrected chi connectivity index (χ2v) is 5.24. The molecular formula is C10H18. The molecule has 10 heavy (non-hydrogen) atoms. The third-order valence-electron chi connectivity index (χ3n) is 4.44. The van der Waals surface area contributed by atoms with Gasteiger partial charge in [0.1, 0.15) is 0 Å². The Labute approximate surface area is 64.0 Å². The Balaban J connectivity index is 2.20. The van der Waals surface area contributed by atoms with Gasteiger partial charge < -0.3 is 0 Å². The van der Waals surface area contributed by atoms with Gasteiger partial charge in [0.2, 0.25) is 0 Å². The van der Waals surface area contributed by atoms with Gasteiger partial charge in [0.25, 0.3) is 0 Å². The van der Waals surface area contributed by atoms with Crippen LogP contribution in [0.4, 0.5) is 0 Å². The molecule has 0 saturated heterocycles. The lowest BCUT2D eigenvalue weighted by atomic mass is 9.88. The van der Waals surface area contributed by atoms with Gasteiger partial charge in [-0.1, -0.05) is 27.7 Å². The summed E-state index contributed by atoms with van der Waals surface area (Å²) in [5.41, 5.74) is 1.41. The molecule has 0 aromatic carbocycles. The van der Waals surface area contributed by atoms with E-state index in [1.54, 1.807) is 0 Å². The topological polar surface area (TPSA) is 0 Å². The highest BCUT2D eigenvalue weighted by atomic mass is 14.7. The van der Waals surface area contributed by atoms with Crippen molar-refractivity contribution in [1.29, 1.82) is 0 Å². The van der Waals surface area contributed by atoms with Crippen LogP contribution >= 0.6 is 0 Å². The molecule has 0 N–H and O–H groups in total. The quantitative estimate of drug-likeness (QED) is 0.482. The molecule has 0 nitrogen and oxygen atoms in total. The van der Waals surface area contributed by atoms with Gasteiger partial charge in [0.15, 0.2) is 0 Å². The molecule has 2 saturated carbocycles. The lowest BCUT2D eigenvalue weighted by Gasteiger charge is -2.17. The van der Waals surface area contributed by atoms with Crippen molar-refractivity contribution in [2.75, 3.05) is 0 Å². The van der Waals surface area contributed by atoms with Gasteiger partial charge in [-0.3, -0.25) is 0 Å². The first kappa shape index (κ1) is 6.69. The van der Waals surface area contributed by atoms with Crippen molar-refractivity contribution in [3.63, 3.8) is 0 Å². The van der Waals surface area contributed by atoms with E-state index in [9.17, 15) is 0 Å². The Morgan fingerprint density at radius 2 is 1.80 bits per heavy atom. The molecule has 0 amide bonds. The van der Waals surface area contributed by atoms with Crippen LogP contribution in [0.1, 0.15) is 40.5 Å². The maximum Gasteiger partial charge on any atom is -0.0236 e. The maximum atomic E-state index is 2.47. The monoisotopic (exact) mass is 138 g/mol. The third kappa shape index (κ3) is 0.500. The summed E-state index contributed by atoms with van der Waals surface area (Å²) < 4.78 is 0.